The molecule has 4 aromatic heterocycles. The van der Waals surface area contributed by atoms with Crippen molar-refractivity contribution in [3.8, 4) is 11.3 Å². The third kappa shape index (κ3) is 3.10. The molecule has 0 unspecified atom stereocenters. The van der Waals surface area contributed by atoms with Gasteiger partial charge in [-0.2, -0.15) is 0 Å². The summed E-state index contributed by atoms with van der Waals surface area (Å²) in [5.41, 5.74) is 9.91. The Bertz CT molecular complexity index is 1430. The summed E-state index contributed by atoms with van der Waals surface area (Å²) in [6.45, 7) is 6.51. The summed E-state index contributed by atoms with van der Waals surface area (Å²) < 4.78 is 7.67. The molecule has 6 heterocycles. The lowest BCUT2D eigenvalue weighted by molar-refractivity contribution is -0.141. The standard InChI is InChI=1S/C24H26ClN7O2/c1-24(2)11-31(23(33)13-5-8-34-9-6-13)10-15-16(17-20(26)28-12-29-22(17)32(15)24)19-18(25)14-4-3-7-27-21(14)30-19/h3-4,7,12-13H,5-6,8-11H2,1-2H3,(H,27,30)(H2,26,28,29). The first-order valence-corrected chi connectivity index (χ1v) is 11.9. The van der Waals surface area contributed by atoms with Gasteiger partial charge in [0.15, 0.2) is 0 Å². The average molecular weight is 480 g/mol. The van der Waals surface area contributed by atoms with E-state index in [2.05, 4.69) is 38.4 Å². The van der Waals surface area contributed by atoms with E-state index in [-0.39, 0.29) is 11.8 Å². The summed E-state index contributed by atoms with van der Waals surface area (Å²) in [7, 11) is 0. The van der Waals surface area contributed by atoms with E-state index in [0.717, 1.165) is 40.5 Å². The number of nitrogens with zero attached hydrogens (tertiary/aromatic N) is 5. The zero-order valence-electron chi connectivity index (χ0n) is 19.1. The van der Waals surface area contributed by atoms with Crippen molar-refractivity contribution < 1.29 is 9.53 Å². The molecule has 6 rings (SSSR count). The third-order valence-corrected chi connectivity index (χ3v) is 7.43. The lowest BCUT2D eigenvalue weighted by Crippen LogP contribution is -2.51. The molecule has 2 aliphatic rings. The smallest absolute Gasteiger partial charge is 0.226 e. The number of hydrogen-bond donors (Lipinski definition) is 2. The van der Waals surface area contributed by atoms with Crippen LogP contribution in [0.1, 0.15) is 32.4 Å². The number of carbonyl (C=O) groups excluding carboxylic acids is 1. The summed E-state index contributed by atoms with van der Waals surface area (Å²) in [5, 5.41) is 2.12. The number of ether oxygens (including phenoxy) is 1. The molecule has 1 fully saturated rings. The number of rotatable bonds is 2. The minimum Gasteiger partial charge on any atom is -0.383 e. The summed E-state index contributed by atoms with van der Waals surface area (Å²) in [5.74, 6) is 0.527. The number of nitrogens with one attached hydrogen (secondary N) is 1. The van der Waals surface area contributed by atoms with Gasteiger partial charge in [-0.1, -0.05) is 11.6 Å². The number of H-pyrrole nitrogens is 1. The van der Waals surface area contributed by atoms with Crippen LogP contribution in [-0.4, -0.2) is 55.1 Å². The fourth-order valence-electron chi connectivity index (χ4n) is 5.55. The number of pyridine rings is 1. The van der Waals surface area contributed by atoms with Gasteiger partial charge in [0, 0.05) is 48.5 Å². The summed E-state index contributed by atoms with van der Waals surface area (Å²) >= 11 is 6.88. The molecule has 0 atom stereocenters. The number of amides is 1. The van der Waals surface area contributed by atoms with Crippen molar-refractivity contribution in [2.75, 3.05) is 25.5 Å². The Labute approximate surface area is 201 Å². The summed E-state index contributed by atoms with van der Waals surface area (Å²) in [6, 6.07) is 3.79. The van der Waals surface area contributed by atoms with Crippen LogP contribution in [0, 0.1) is 5.92 Å². The normalized spacial score (nSPS) is 18.5. The molecule has 0 bridgehead atoms. The number of hydrogen-bond acceptors (Lipinski definition) is 6. The van der Waals surface area contributed by atoms with E-state index >= 15 is 0 Å². The number of aromatic nitrogens is 5. The van der Waals surface area contributed by atoms with Crippen molar-refractivity contribution >= 4 is 45.4 Å². The lowest BCUT2D eigenvalue weighted by Gasteiger charge is -2.42. The topological polar surface area (TPSA) is 115 Å². The van der Waals surface area contributed by atoms with Crippen LogP contribution in [-0.2, 0) is 21.6 Å². The first-order chi connectivity index (χ1) is 16.4. The molecule has 0 aromatic carbocycles. The quantitative estimate of drug-likeness (QED) is 0.453. The first-order valence-electron chi connectivity index (χ1n) is 11.5. The van der Waals surface area contributed by atoms with Gasteiger partial charge in [0.1, 0.15) is 23.4 Å². The van der Waals surface area contributed by atoms with Gasteiger partial charge in [-0.3, -0.25) is 4.79 Å². The molecule has 176 valence electrons. The van der Waals surface area contributed by atoms with Crippen LogP contribution in [0.25, 0.3) is 33.3 Å². The second-order valence-electron chi connectivity index (χ2n) is 9.72. The van der Waals surface area contributed by atoms with E-state index < -0.39 is 5.54 Å². The summed E-state index contributed by atoms with van der Waals surface area (Å²) in [6.07, 6.45) is 4.72. The Balaban J connectivity index is 1.58. The highest BCUT2D eigenvalue weighted by Gasteiger charge is 2.40. The molecule has 4 aromatic rings. The largest absolute Gasteiger partial charge is 0.383 e. The Morgan fingerprint density at radius 2 is 2.06 bits per heavy atom. The van der Waals surface area contributed by atoms with Crippen molar-refractivity contribution in [2.24, 2.45) is 5.92 Å². The van der Waals surface area contributed by atoms with Crippen molar-refractivity contribution in [1.29, 1.82) is 0 Å². The van der Waals surface area contributed by atoms with Crippen molar-refractivity contribution in [2.45, 2.75) is 38.8 Å². The number of anilines is 1. The fourth-order valence-corrected chi connectivity index (χ4v) is 5.84. The van der Waals surface area contributed by atoms with Crippen LogP contribution >= 0.6 is 11.6 Å². The first kappa shape index (κ1) is 21.4. The molecule has 0 saturated carbocycles. The highest BCUT2D eigenvalue weighted by Crippen LogP contribution is 2.46. The molecule has 1 saturated heterocycles. The highest BCUT2D eigenvalue weighted by molar-refractivity contribution is 6.38. The monoisotopic (exact) mass is 479 g/mol. The number of aromatic amines is 1. The summed E-state index contributed by atoms with van der Waals surface area (Å²) in [4.78, 5) is 32.2. The van der Waals surface area contributed by atoms with Gasteiger partial charge in [0.05, 0.1) is 28.2 Å². The van der Waals surface area contributed by atoms with Gasteiger partial charge in [-0.25, -0.2) is 15.0 Å². The number of fused-ring (bicyclic) bond motifs is 4. The fraction of sp³-hybridized carbons (Fsp3) is 0.417. The Morgan fingerprint density at radius 1 is 1.26 bits per heavy atom. The van der Waals surface area contributed by atoms with E-state index in [4.69, 9.17) is 22.1 Å². The number of nitrogens with two attached hydrogens (primary N) is 1. The molecule has 10 heteroatoms. The maximum absolute atomic E-state index is 13.6. The van der Waals surface area contributed by atoms with Crippen molar-refractivity contribution in [1.82, 2.24) is 29.4 Å². The second kappa shape index (κ2) is 7.68. The van der Waals surface area contributed by atoms with Gasteiger partial charge in [0.25, 0.3) is 0 Å². The minimum absolute atomic E-state index is 0.0188. The lowest BCUT2D eigenvalue weighted by atomic mass is 9.94. The number of halogens is 1. The van der Waals surface area contributed by atoms with E-state index in [9.17, 15) is 4.79 Å². The Kier molecular flexibility index (Phi) is 4.82. The predicted octanol–water partition coefficient (Wildman–Crippen LogP) is 3.71. The molecule has 1 amide bonds. The SMILES string of the molecule is CC1(C)CN(C(=O)C2CCOCC2)Cc2c(-c3[nH]c4ncccc4c3Cl)c3c(N)ncnc3n21. The molecule has 3 N–H and O–H groups in total. The van der Waals surface area contributed by atoms with Crippen LogP contribution in [0.4, 0.5) is 5.82 Å². The van der Waals surface area contributed by atoms with Crippen LogP contribution in [0.15, 0.2) is 24.7 Å². The molecule has 0 aliphatic carbocycles. The maximum atomic E-state index is 13.6. The second-order valence-corrected chi connectivity index (χ2v) is 10.1. The number of nitrogen functional groups attached to an aromatic ring is 1. The van der Waals surface area contributed by atoms with E-state index in [1.165, 1.54) is 6.33 Å². The van der Waals surface area contributed by atoms with Crippen LogP contribution in [0.3, 0.4) is 0 Å². The van der Waals surface area contributed by atoms with Gasteiger partial charge in [-0.15, -0.1) is 0 Å². The molecule has 0 radical (unpaired) electrons. The van der Waals surface area contributed by atoms with Gasteiger partial charge < -0.3 is 24.9 Å². The van der Waals surface area contributed by atoms with Gasteiger partial charge in [-0.05, 0) is 38.8 Å². The third-order valence-electron chi connectivity index (χ3n) is 7.04. The Morgan fingerprint density at radius 3 is 2.82 bits per heavy atom. The predicted molar refractivity (Wildman–Crippen MR) is 130 cm³/mol. The van der Waals surface area contributed by atoms with Gasteiger partial charge in [0.2, 0.25) is 5.91 Å². The zero-order valence-corrected chi connectivity index (χ0v) is 19.9. The molecule has 2 aliphatic heterocycles. The number of carbonyl (C=O) groups is 1. The zero-order chi connectivity index (χ0) is 23.6. The van der Waals surface area contributed by atoms with Gasteiger partial charge >= 0.3 is 0 Å². The van der Waals surface area contributed by atoms with Crippen LogP contribution < -0.4 is 5.73 Å². The molecule has 34 heavy (non-hydrogen) atoms. The van der Waals surface area contributed by atoms with E-state index in [0.29, 0.717) is 48.5 Å². The highest BCUT2D eigenvalue weighted by atomic mass is 35.5. The molecule has 0 spiro atoms. The van der Waals surface area contributed by atoms with Crippen LogP contribution in [0.5, 0.6) is 0 Å². The molecular weight excluding hydrogens is 454 g/mol. The minimum atomic E-state index is -0.414. The van der Waals surface area contributed by atoms with Crippen LogP contribution in [0.2, 0.25) is 5.02 Å². The van der Waals surface area contributed by atoms with E-state index in [1.807, 2.05) is 17.0 Å². The van der Waals surface area contributed by atoms with E-state index in [1.54, 1.807) is 6.20 Å². The van der Waals surface area contributed by atoms with Crippen molar-refractivity contribution in [3.05, 3.63) is 35.4 Å². The molecule has 9 nitrogen and oxygen atoms in total. The maximum Gasteiger partial charge on any atom is 0.226 e. The van der Waals surface area contributed by atoms with Crippen molar-refractivity contribution in [3.63, 3.8) is 0 Å². The Hall–Kier alpha value is -3.17. The average Bonchev–Trinajstić information content (AvgIpc) is 3.35. The molecular formula is C24H26ClN7O2.